The lowest BCUT2D eigenvalue weighted by Crippen LogP contribution is -1.97. The van der Waals surface area contributed by atoms with E-state index in [1.165, 1.54) is 0 Å². The summed E-state index contributed by atoms with van der Waals surface area (Å²) >= 11 is 0. The van der Waals surface area contributed by atoms with Crippen molar-refractivity contribution in [3.8, 4) is 17.5 Å². The zero-order valence-electron chi connectivity index (χ0n) is 9.04. The summed E-state index contributed by atoms with van der Waals surface area (Å²) in [5.74, 6) is 1.04. The monoisotopic (exact) mass is 220 g/mol. The van der Waals surface area contributed by atoms with Gasteiger partial charge in [0.15, 0.2) is 5.75 Å². The fraction of sp³-hybridized carbons (Fsp3) is 0.200. The number of para-hydroxylation sites is 1. The molecule has 0 saturated carbocycles. The second-order valence-corrected chi connectivity index (χ2v) is 3.17. The molecule has 1 aromatic heterocycles. The van der Waals surface area contributed by atoms with Gasteiger partial charge in [0.2, 0.25) is 0 Å². The summed E-state index contributed by atoms with van der Waals surface area (Å²) in [6.45, 7) is 0. The van der Waals surface area contributed by atoms with Gasteiger partial charge in [0.1, 0.15) is 17.8 Å². The van der Waals surface area contributed by atoms with Crippen LogP contribution < -0.4 is 15.2 Å². The average molecular weight is 220 g/mol. The van der Waals surface area contributed by atoms with Crippen LogP contribution in [0, 0.1) is 0 Å². The minimum atomic E-state index is 0.252. The molecule has 2 rings (SSSR count). The lowest BCUT2D eigenvalue weighted by atomic mass is 10.3. The summed E-state index contributed by atoms with van der Waals surface area (Å²) in [5, 5.41) is 3.99. The molecule has 6 heteroatoms. The number of nitrogens with zero attached hydrogens (tertiary/aromatic N) is 3. The fourth-order valence-electron chi connectivity index (χ4n) is 1.26. The van der Waals surface area contributed by atoms with Crippen molar-refractivity contribution in [2.75, 3.05) is 12.8 Å². The van der Waals surface area contributed by atoms with Gasteiger partial charge in [-0.1, -0.05) is 6.07 Å². The number of hydrogen-bond acceptors (Lipinski definition) is 5. The van der Waals surface area contributed by atoms with Gasteiger partial charge < -0.3 is 15.2 Å². The van der Waals surface area contributed by atoms with Crippen molar-refractivity contribution in [2.45, 2.75) is 0 Å². The van der Waals surface area contributed by atoms with Gasteiger partial charge in [-0.2, -0.15) is 4.98 Å². The smallest absolute Gasteiger partial charge is 0.341 e. The number of ether oxygens (including phenoxy) is 2. The molecular weight excluding hydrogens is 208 g/mol. The second kappa shape index (κ2) is 4.09. The van der Waals surface area contributed by atoms with E-state index in [0.717, 1.165) is 0 Å². The van der Waals surface area contributed by atoms with Gasteiger partial charge in [-0.05, 0) is 12.1 Å². The summed E-state index contributed by atoms with van der Waals surface area (Å²) in [6.07, 6.45) is 1.55. The third-order valence-corrected chi connectivity index (χ3v) is 2.03. The van der Waals surface area contributed by atoms with Gasteiger partial charge in [0.25, 0.3) is 0 Å². The van der Waals surface area contributed by atoms with Crippen molar-refractivity contribution in [1.29, 1.82) is 0 Å². The van der Waals surface area contributed by atoms with Crippen LogP contribution in [0.2, 0.25) is 0 Å². The van der Waals surface area contributed by atoms with Gasteiger partial charge in [-0.15, -0.1) is 5.10 Å². The Bertz CT molecular complexity index is 495. The number of methoxy groups -OCH3 is 1. The first-order chi connectivity index (χ1) is 7.70. The molecule has 0 spiro atoms. The maximum atomic E-state index is 5.84. The number of aromatic nitrogens is 3. The molecule has 2 N–H and O–H groups in total. The molecule has 0 bridgehead atoms. The maximum absolute atomic E-state index is 5.84. The number of aryl methyl sites for hydroxylation is 1. The first kappa shape index (κ1) is 10.3. The summed E-state index contributed by atoms with van der Waals surface area (Å²) in [6, 6.07) is 5.53. The number of benzene rings is 1. The van der Waals surface area contributed by atoms with E-state index in [2.05, 4.69) is 10.1 Å². The lowest BCUT2D eigenvalue weighted by molar-refractivity contribution is 0.407. The van der Waals surface area contributed by atoms with Crippen LogP contribution in [0.4, 0.5) is 5.69 Å². The van der Waals surface area contributed by atoms with Crippen LogP contribution in [0.3, 0.4) is 0 Å². The minimum Gasteiger partial charge on any atom is -0.494 e. The largest absolute Gasteiger partial charge is 0.494 e. The third-order valence-electron chi connectivity index (χ3n) is 2.03. The standard InChI is InChI=1S/C10H12N4O2/c1-14-6-12-10(13-14)16-8-5-3-4-7(15-2)9(8)11/h3-6H,11H2,1-2H3. The highest BCUT2D eigenvalue weighted by molar-refractivity contribution is 5.63. The van der Waals surface area contributed by atoms with Crippen molar-refractivity contribution >= 4 is 5.69 Å². The Labute approximate surface area is 92.6 Å². The topological polar surface area (TPSA) is 75.2 Å². The van der Waals surface area contributed by atoms with Crippen LogP contribution in [0.15, 0.2) is 24.5 Å². The molecule has 0 aliphatic carbocycles. The molecule has 1 heterocycles. The number of nitrogens with two attached hydrogens (primary N) is 1. The molecule has 2 aromatic rings. The van der Waals surface area contributed by atoms with E-state index in [1.54, 1.807) is 43.4 Å². The third kappa shape index (κ3) is 1.90. The number of anilines is 1. The van der Waals surface area contributed by atoms with Crippen LogP contribution in [0.1, 0.15) is 0 Å². The van der Waals surface area contributed by atoms with E-state index < -0.39 is 0 Å². The molecule has 0 aliphatic heterocycles. The van der Waals surface area contributed by atoms with Gasteiger partial charge in [0.05, 0.1) is 7.11 Å². The van der Waals surface area contributed by atoms with Crippen molar-refractivity contribution in [3.05, 3.63) is 24.5 Å². The molecule has 6 nitrogen and oxygen atoms in total. The van der Waals surface area contributed by atoms with E-state index in [4.69, 9.17) is 15.2 Å². The lowest BCUT2D eigenvalue weighted by Gasteiger charge is -2.08. The zero-order valence-corrected chi connectivity index (χ0v) is 9.04. The normalized spacial score (nSPS) is 10.1. The predicted octanol–water partition coefficient (Wildman–Crippen LogP) is 1.20. The quantitative estimate of drug-likeness (QED) is 0.786. The molecule has 0 unspecified atom stereocenters. The van der Waals surface area contributed by atoms with Crippen molar-refractivity contribution < 1.29 is 9.47 Å². The number of rotatable bonds is 3. The van der Waals surface area contributed by atoms with E-state index >= 15 is 0 Å². The van der Waals surface area contributed by atoms with Crippen LogP contribution in [-0.4, -0.2) is 21.9 Å². The Morgan fingerprint density at radius 1 is 1.31 bits per heavy atom. The average Bonchev–Trinajstić information content (AvgIpc) is 2.67. The molecule has 0 saturated heterocycles. The predicted molar refractivity (Wildman–Crippen MR) is 58.5 cm³/mol. The molecule has 0 fully saturated rings. The molecule has 84 valence electrons. The van der Waals surface area contributed by atoms with E-state index in [1.807, 2.05) is 0 Å². The molecule has 0 atom stereocenters. The van der Waals surface area contributed by atoms with E-state index in [0.29, 0.717) is 17.2 Å². The SMILES string of the molecule is COc1cccc(Oc2ncn(C)n2)c1N. The molecule has 16 heavy (non-hydrogen) atoms. The van der Waals surface area contributed by atoms with Gasteiger partial charge >= 0.3 is 6.01 Å². The summed E-state index contributed by atoms with van der Waals surface area (Å²) in [7, 11) is 3.31. The fourth-order valence-corrected chi connectivity index (χ4v) is 1.26. The van der Waals surface area contributed by atoms with Gasteiger partial charge in [0, 0.05) is 7.05 Å². The number of hydrogen-bond donors (Lipinski definition) is 1. The second-order valence-electron chi connectivity index (χ2n) is 3.17. The highest BCUT2D eigenvalue weighted by atomic mass is 16.5. The molecular formula is C10H12N4O2. The zero-order chi connectivity index (χ0) is 11.5. The summed E-state index contributed by atoms with van der Waals surface area (Å²) in [4.78, 5) is 3.94. The number of nitrogen functional groups attached to an aromatic ring is 1. The van der Waals surface area contributed by atoms with Gasteiger partial charge in [-0.25, -0.2) is 0 Å². The Kier molecular flexibility index (Phi) is 2.63. The highest BCUT2D eigenvalue weighted by Crippen LogP contribution is 2.32. The Morgan fingerprint density at radius 3 is 2.69 bits per heavy atom. The van der Waals surface area contributed by atoms with Crippen LogP contribution in [0.5, 0.6) is 17.5 Å². The molecule has 0 aliphatic rings. The van der Waals surface area contributed by atoms with Crippen LogP contribution in [0.25, 0.3) is 0 Å². The van der Waals surface area contributed by atoms with Crippen LogP contribution >= 0.6 is 0 Å². The molecule has 0 radical (unpaired) electrons. The van der Waals surface area contributed by atoms with E-state index in [-0.39, 0.29) is 6.01 Å². The first-order valence-electron chi connectivity index (χ1n) is 4.66. The Morgan fingerprint density at radius 2 is 2.06 bits per heavy atom. The maximum Gasteiger partial charge on any atom is 0.341 e. The molecule has 0 amide bonds. The Hall–Kier alpha value is -2.24. The minimum absolute atomic E-state index is 0.252. The van der Waals surface area contributed by atoms with E-state index in [9.17, 15) is 0 Å². The first-order valence-corrected chi connectivity index (χ1v) is 4.66. The highest BCUT2D eigenvalue weighted by Gasteiger charge is 2.09. The van der Waals surface area contributed by atoms with Crippen LogP contribution in [-0.2, 0) is 7.05 Å². The Balaban J connectivity index is 2.28. The van der Waals surface area contributed by atoms with Crippen molar-refractivity contribution in [1.82, 2.24) is 14.8 Å². The van der Waals surface area contributed by atoms with Gasteiger partial charge in [-0.3, -0.25) is 4.68 Å². The molecule has 1 aromatic carbocycles. The van der Waals surface area contributed by atoms with Crippen molar-refractivity contribution in [3.63, 3.8) is 0 Å². The summed E-state index contributed by atoms with van der Waals surface area (Å²) in [5.41, 5.74) is 6.26. The summed E-state index contributed by atoms with van der Waals surface area (Å²) < 4.78 is 12.0. The van der Waals surface area contributed by atoms with Crippen molar-refractivity contribution in [2.24, 2.45) is 7.05 Å².